The Labute approximate surface area is 159 Å². The first-order valence-electron chi connectivity index (χ1n) is 8.03. The fourth-order valence-corrected chi connectivity index (χ4v) is 3.48. The number of nitrogens with zero attached hydrogens (tertiary/aromatic N) is 1. The number of carbonyl (C=O) groups excluding carboxylic acids is 1. The van der Waals surface area contributed by atoms with Crippen LogP contribution in [0.25, 0.3) is 0 Å². The van der Waals surface area contributed by atoms with E-state index >= 15 is 0 Å². The van der Waals surface area contributed by atoms with Gasteiger partial charge in [0.05, 0.1) is 30.3 Å². The summed E-state index contributed by atoms with van der Waals surface area (Å²) in [7, 11) is 0. The number of carbonyl (C=O) groups is 1. The summed E-state index contributed by atoms with van der Waals surface area (Å²) in [6.07, 6.45) is 0. The van der Waals surface area contributed by atoms with Gasteiger partial charge in [0.15, 0.2) is 11.6 Å². The Hall–Kier alpha value is -1.83. The lowest BCUT2D eigenvalue weighted by molar-refractivity contribution is -0.113. The highest BCUT2D eigenvalue weighted by molar-refractivity contribution is 8.00. The molecule has 0 spiro atoms. The number of benzene rings is 2. The molecule has 0 saturated carbocycles. The van der Waals surface area contributed by atoms with Gasteiger partial charge in [0.25, 0.3) is 0 Å². The molecule has 1 aliphatic rings. The van der Waals surface area contributed by atoms with Gasteiger partial charge in [0.1, 0.15) is 0 Å². The molecule has 2 aromatic rings. The van der Waals surface area contributed by atoms with Gasteiger partial charge in [-0.15, -0.1) is 11.8 Å². The zero-order valence-electron chi connectivity index (χ0n) is 13.8. The van der Waals surface area contributed by atoms with Gasteiger partial charge in [0, 0.05) is 23.0 Å². The SMILES string of the molecule is O=C(CSc1ccc(F)c(F)c1)Nc1cc(Cl)ccc1N1CCOCC1. The highest BCUT2D eigenvalue weighted by atomic mass is 35.5. The van der Waals surface area contributed by atoms with E-state index in [0.717, 1.165) is 42.7 Å². The van der Waals surface area contributed by atoms with Crippen LogP contribution in [0.2, 0.25) is 5.02 Å². The van der Waals surface area contributed by atoms with E-state index in [1.807, 2.05) is 6.07 Å². The maximum absolute atomic E-state index is 13.2. The summed E-state index contributed by atoms with van der Waals surface area (Å²) in [5, 5.41) is 3.37. The van der Waals surface area contributed by atoms with Gasteiger partial charge >= 0.3 is 0 Å². The molecule has 0 radical (unpaired) electrons. The Morgan fingerprint density at radius 3 is 2.65 bits per heavy atom. The van der Waals surface area contributed by atoms with Gasteiger partial charge in [-0.2, -0.15) is 0 Å². The molecule has 8 heteroatoms. The van der Waals surface area contributed by atoms with Crippen molar-refractivity contribution in [3.8, 4) is 0 Å². The highest BCUT2D eigenvalue weighted by Gasteiger charge is 2.17. The Morgan fingerprint density at radius 1 is 1.15 bits per heavy atom. The minimum atomic E-state index is -0.931. The molecule has 4 nitrogen and oxygen atoms in total. The topological polar surface area (TPSA) is 41.6 Å². The molecule has 0 aliphatic carbocycles. The Kier molecular flexibility index (Phi) is 6.34. The molecule has 2 aromatic carbocycles. The predicted octanol–water partition coefficient (Wildman–Crippen LogP) is 4.19. The van der Waals surface area contributed by atoms with Crippen LogP contribution in [-0.4, -0.2) is 38.0 Å². The van der Waals surface area contributed by atoms with Crippen molar-refractivity contribution in [3.63, 3.8) is 0 Å². The maximum Gasteiger partial charge on any atom is 0.234 e. The minimum Gasteiger partial charge on any atom is -0.378 e. The highest BCUT2D eigenvalue weighted by Crippen LogP contribution is 2.30. The van der Waals surface area contributed by atoms with E-state index in [2.05, 4.69) is 10.2 Å². The zero-order valence-corrected chi connectivity index (χ0v) is 15.4. The number of thioether (sulfide) groups is 1. The van der Waals surface area contributed by atoms with Crippen LogP contribution in [0, 0.1) is 11.6 Å². The first kappa shape index (κ1) is 18.9. The van der Waals surface area contributed by atoms with Crippen molar-refractivity contribution < 1.29 is 18.3 Å². The summed E-state index contributed by atoms with van der Waals surface area (Å²) in [5.41, 5.74) is 1.50. The molecule has 3 rings (SSSR count). The average molecular weight is 399 g/mol. The summed E-state index contributed by atoms with van der Waals surface area (Å²) in [4.78, 5) is 14.9. The van der Waals surface area contributed by atoms with Crippen molar-refractivity contribution in [1.82, 2.24) is 0 Å². The number of hydrogen-bond donors (Lipinski definition) is 1. The molecule has 1 amide bonds. The van der Waals surface area contributed by atoms with Gasteiger partial charge in [-0.1, -0.05) is 11.6 Å². The normalized spacial score (nSPS) is 14.3. The molecule has 0 unspecified atom stereocenters. The number of halogens is 3. The van der Waals surface area contributed by atoms with Gasteiger partial charge in [-0.3, -0.25) is 4.79 Å². The average Bonchev–Trinajstić information content (AvgIpc) is 2.63. The van der Waals surface area contributed by atoms with Crippen LogP contribution in [0.1, 0.15) is 0 Å². The standard InChI is InChI=1S/C18H17ClF2N2O2S/c19-12-1-4-17(23-5-7-25-8-6-23)16(9-12)22-18(24)11-26-13-2-3-14(20)15(21)10-13/h1-4,9-10H,5-8,11H2,(H,22,24). The fraction of sp³-hybridized carbons (Fsp3) is 0.278. The van der Waals surface area contributed by atoms with Crippen LogP contribution in [-0.2, 0) is 9.53 Å². The van der Waals surface area contributed by atoms with E-state index in [0.29, 0.717) is 28.8 Å². The maximum atomic E-state index is 13.2. The van der Waals surface area contributed by atoms with E-state index in [4.69, 9.17) is 16.3 Å². The smallest absolute Gasteiger partial charge is 0.234 e. The molecule has 1 saturated heterocycles. The van der Waals surface area contributed by atoms with Gasteiger partial charge in [0.2, 0.25) is 5.91 Å². The van der Waals surface area contributed by atoms with E-state index in [9.17, 15) is 13.6 Å². The van der Waals surface area contributed by atoms with Crippen molar-refractivity contribution in [1.29, 1.82) is 0 Å². The zero-order chi connectivity index (χ0) is 18.5. The first-order valence-corrected chi connectivity index (χ1v) is 9.39. The molecule has 1 N–H and O–H groups in total. The lowest BCUT2D eigenvalue weighted by Gasteiger charge is -2.30. The molecule has 0 atom stereocenters. The van der Waals surface area contributed by atoms with Gasteiger partial charge < -0.3 is 15.0 Å². The third-order valence-electron chi connectivity index (χ3n) is 3.85. The molecule has 1 fully saturated rings. The number of nitrogens with one attached hydrogen (secondary N) is 1. The van der Waals surface area contributed by atoms with Crippen LogP contribution in [0.15, 0.2) is 41.3 Å². The van der Waals surface area contributed by atoms with E-state index < -0.39 is 11.6 Å². The number of ether oxygens (including phenoxy) is 1. The predicted molar refractivity (Wildman–Crippen MR) is 100 cm³/mol. The summed E-state index contributed by atoms with van der Waals surface area (Å²) in [5.74, 6) is -2.02. The summed E-state index contributed by atoms with van der Waals surface area (Å²) < 4.78 is 31.5. The summed E-state index contributed by atoms with van der Waals surface area (Å²) in [6.45, 7) is 2.71. The van der Waals surface area contributed by atoms with E-state index in [1.54, 1.807) is 12.1 Å². The Balaban J connectivity index is 1.66. The largest absolute Gasteiger partial charge is 0.378 e. The number of hydrogen-bond acceptors (Lipinski definition) is 4. The molecule has 0 aromatic heterocycles. The third-order valence-corrected chi connectivity index (χ3v) is 5.07. The van der Waals surface area contributed by atoms with Crippen LogP contribution in [0.4, 0.5) is 20.2 Å². The molecule has 1 aliphatic heterocycles. The summed E-state index contributed by atoms with van der Waals surface area (Å²) in [6, 6.07) is 8.90. The van der Waals surface area contributed by atoms with Gasteiger partial charge in [-0.05, 0) is 36.4 Å². The second-order valence-corrected chi connectivity index (χ2v) is 7.16. The van der Waals surface area contributed by atoms with Crippen molar-refractivity contribution in [3.05, 3.63) is 53.1 Å². The van der Waals surface area contributed by atoms with E-state index in [1.165, 1.54) is 6.07 Å². The second kappa shape index (κ2) is 8.70. The molecular formula is C18H17ClF2N2O2S. The number of anilines is 2. The molecule has 138 valence electrons. The first-order chi connectivity index (χ1) is 12.5. The lowest BCUT2D eigenvalue weighted by Crippen LogP contribution is -2.36. The minimum absolute atomic E-state index is 0.0696. The van der Waals surface area contributed by atoms with Crippen LogP contribution >= 0.6 is 23.4 Å². The monoisotopic (exact) mass is 398 g/mol. The quantitative estimate of drug-likeness (QED) is 0.767. The number of amides is 1. The van der Waals surface area contributed by atoms with Crippen molar-refractivity contribution in [2.24, 2.45) is 0 Å². The Bertz CT molecular complexity index is 801. The lowest BCUT2D eigenvalue weighted by atomic mass is 10.2. The molecule has 26 heavy (non-hydrogen) atoms. The van der Waals surface area contributed by atoms with E-state index in [-0.39, 0.29) is 11.7 Å². The number of morpholine rings is 1. The second-order valence-electron chi connectivity index (χ2n) is 5.67. The molecule has 0 bridgehead atoms. The molecule has 1 heterocycles. The van der Waals surface area contributed by atoms with Crippen LogP contribution in [0.5, 0.6) is 0 Å². The van der Waals surface area contributed by atoms with Crippen molar-refractivity contribution in [2.45, 2.75) is 4.90 Å². The van der Waals surface area contributed by atoms with Crippen molar-refractivity contribution in [2.75, 3.05) is 42.3 Å². The number of rotatable bonds is 5. The fourth-order valence-electron chi connectivity index (χ4n) is 2.59. The summed E-state index contributed by atoms with van der Waals surface area (Å²) >= 11 is 7.20. The van der Waals surface area contributed by atoms with Crippen LogP contribution < -0.4 is 10.2 Å². The Morgan fingerprint density at radius 2 is 1.92 bits per heavy atom. The van der Waals surface area contributed by atoms with Gasteiger partial charge in [-0.25, -0.2) is 8.78 Å². The van der Waals surface area contributed by atoms with Crippen molar-refractivity contribution >= 4 is 40.6 Å². The third kappa shape index (κ3) is 4.87. The molecular weight excluding hydrogens is 382 g/mol. The van der Waals surface area contributed by atoms with Crippen LogP contribution in [0.3, 0.4) is 0 Å².